The number of ether oxygens (including phenoxy) is 1. The number of nitrogens with zero attached hydrogens (tertiary/aromatic N) is 4. The average Bonchev–Trinajstić information content (AvgIpc) is 3.67. The fourth-order valence-corrected chi connectivity index (χ4v) is 4.87. The maximum absolute atomic E-state index is 13.0. The predicted octanol–water partition coefficient (Wildman–Crippen LogP) is 3.56. The van der Waals surface area contributed by atoms with Crippen molar-refractivity contribution < 1.29 is 60.1 Å². The van der Waals surface area contributed by atoms with Crippen LogP contribution in [0.4, 0.5) is 26.3 Å². The lowest BCUT2D eigenvalue weighted by atomic mass is 9.88. The fourth-order valence-electron chi connectivity index (χ4n) is 4.87. The van der Waals surface area contributed by atoms with Gasteiger partial charge in [0, 0.05) is 38.6 Å². The Morgan fingerprint density at radius 3 is 2.00 bits per heavy atom. The molecule has 234 valence electrons. The molecule has 17 heteroatoms. The molecular weight excluding hydrogens is 582 g/mol. The van der Waals surface area contributed by atoms with Crippen molar-refractivity contribution >= 4 is 17.8 Å². The van der Waals surface area contributed by atoms with E-state index in [-0.39, 0.29) is 5.91 Å². The van der Waals surface area contributed by atoms with Crippen LogP contribution in [0.2, 0.25) is 0 Å². The lowest BCUT2D eigenvalue weighted by Crippen LogP contribution is -2.54. The largest absolute Gasteiger partial charge is 0.490 e. The molecule has 11 nitrogen and oxygen atoms in total. The summed E-state index contributed by atoms with van der Waals surface area (Å²) in [7, 11) is 0. The van der Waals surface area contributed by atoms with Crippen LogP contribution in [-0.2, 0) is 37.8 Å². The van der Waals surface area contributed by atoms with Crippen molar-refractivity contribution in [2.24, 2.45) is 0 Å². The van der Waals surface area contributed by atoms with E-state index in [0.717, 1.165) is 75.8 Å². The molecule has 1 amide bonds. The number of halogens is 6. The van der Waals surface area contributed by atoms with E-state index in [1.54, 1.807) is 0 Å². The Bertz CT molecular complexity index is 1200. The molecule has 0 saturated carbocycles. The number of piperidine rings is 1. The van der Waals surface area contributed by atoms with Gasteiger partial charge >= 0.3 is 24.3 Å². The van der Waals surface area contributed by atoms with Crippen molar-refractivity contribution in [3.8, 4) is 0 Å². The van der Waals surface area contributed by atoms with E-state index in [0.29, 0.717) is 6.54 Å². The van der Waals surface area contributed by atoms with E-state index in [2.05, 4.69) is 14.5 Å². The van der Waals surface area contributed by atoms with E-state index >= 15 is 0 Å². The van der Waals surface area contributed by atoms with Gasteiger partial charge in [0.2, 0.25) is 0 Å². The number of carboxylic acids is 2. The van der Waals surface area contributed by atoms with Gasteiger partial charge in [-0.25, -0.2) is 14.6 Å². The number of rotatable bonds is 3. The Hall–Kier alpha value is -3.60. The normalized spacial score (nSPS) is 20.2. The van der Waals surface area contributed by atoms with Gasteiger partial charge in [-0.05, 0) is 44.7 Å². The SMILES string of the molecule is Cc1ccc(CN2CCC3(CC2)OC(C(=O)N2CCCC2)Cn2ccnc23)o1.O=C(O)C(F)(F)F.O=C(O)C(F)(F)F. The van der Waals surface area contributed by atoms with Crippen LogP contribution in [0.5, 0.6) is 0 Å². The highest BCUT2D eigenvalue weighted by Gasteiger charge is 2.48. The third-order valence-corrected chi connectivity index (χ3v) is 6.87. The molecule has 2 saturated heterocycles. The van der Waals surface area contributed by atoms with Crippen LogP contribution in [-0.4, -0.2) is 92.0 Å². The van der Waals surface area contributed by atoms with Gasteiger partial charge < -0.3 is 28.8 Å². The summed E-state index contributed by atoms with van der Waals surface area (Å²) < 4.78 is 77.9. The van der Waals surface area contributed by atoms with Crippen LogP contribution in [0.3, 0.4) is 0 Å². The molecule has 0 aliphatic carbocycles. The molecule has 0 aromatic carbocycles. The Labute approximate surface area is 235 Å². The molecule has 1 atom stereocenters. The number of aliphatic carboxylic acids is 2. The van der Waals surface area contributed by atoms with Gasteiger partial charge in [-0.15, -0.1) is 0 Å². The molecule has 5 rings (SSSR count). The standard InChI is InChI=1S/C21H28N4O3.2C2HF3O2/c1-16-4-5-17(27-16)14-23-11-6-21(7-12-23)20-22-8-13-25(20)15-18(28-21)19(26)24-9-2-3-10-24;2*3-2(4,5)1(6)7/h4-5,8,13,18H,2-3,6-7,9-12,14-15H2,1H3;2*(H,6,7). The van der Waals surface area contributed by atoms with Crippen molar-refractivity contribution in [3.63, 3.8) is 0 Å². The van der Waals surface area contributed by atoms with E-state index in [9.17, 15) is 31.1 Å². The number of hydrogen-bond donors (Lipinski definition) is 2. The lowest BCUT2D eigenvalue weighted by Gasteiger charge is -2.45. The highest BCUT2D eigenvalue weighted by molar-refractivity contribution is 5.81. The lowest BCUT2D eigenvalue weighted by molar-refractivity contribution is -0.193. The van der Waals surface area contributed by atoms with Crippen LogP contribution in [0.15, 0.2) is 28.9 Å². The number of likely N-dealkylation sites (tertiary alicyclic amines) is 2. The van der Waals surface area contributed by atoms with E-state index in [4.69, 9.17) is 29.0 Å². The maximum Gasteiger partial charge on any atom is 0.490 e. The van der Waals surface area contributed by atoms with Gasteiger partial charge in [-0.2, -0.15) is 26.3 Å². The van der Waals surface area contributed by atoms with Gasteiger partial charge in [0.15, 0.2) is 6.10 Å². The first kappa shape index (κ1) is 32.9. The Balaban J connectivity index is 0.000000289. The molecule has 0 radical (unpaired) electrons. The van der Waals surface area contributed by atoms with E-state index in [1.807, 2.05) is 36.4 Å². The molecule has 2 aromatic rings. The number of hydrogen-bond acceptors (Lipinski definition) is 7. The molecule has 3 aliphatic heterocycles. The third-order valence-electron chi connectivity index (χ3n) is 6.87. The van der Waals surface area contributed by atoms with Crippen LogP contribution < -0.4 is 0 Å². The van der Waals surface area contributed by atoms with Gasteiger partial charge in [0.1, 0.15) is 22.9 Å². The number of alkyl halides is 6. The van der Waals surface area contributed by atoms with Crippen molar-refractivity contribution in [2.75, 3.05) is 26.2 Å². The Morgan fingerprint density at radius 2 is 1.52 bits per heavy atom. The van der Waals surface area contributed by atoms with Crippen molar-refractivity contribution in [1.29, 1.82) is 0 Å². The van der Waals surface area contributed by atoms with Crippen molar-refractivity contribution in [2.45, 2.75) is 69.8 Å². The molecule has 1 spiro atoms. The molecule has 2 fully saturated rings. The second-order valence-corrected chi connectivity index (χ2v) is 9.93. The molecule has 2 aromatic heterocycles. The second-order valence-electron chi connectivity index (χ2n) is 9.93. The number of carbonyl (C=O) groups excluding carboxylic acids is 1. The van der Waals surface area contributed by atoms with Gasteiger partial charge in [0.25, 0.3) is 5.91 Å². The molecule has 3 aliphatic rings. The number of fused-ring (bicyclic) bond motifs is 2. The summed E-state index contributed by atoms with van der Waals surface area (Å²) in [5, 5.41) is 14.2. The number of amides is 1. The summed E-state index contributed by atoms with van der Waals surface area (Å²) in [5.41, 5.74) is -0.461. The molecular formula is C25H30F6N4O7. The zero-order valence-corrected chi connectivity index (χ0v) is 22.5. The molecule has 0 bridgehead atoms. The zero-order valence-electron chi connectivity index (χ0n) is 22.5. The number of carbonyl (C=O) groups is 3. The second kappa shape index (κ2) is 13.1. The topological polar surface area (TPSA) is 138 Å². The number of carboxylic acid groups (broad SMARTS) is 2. The maximum atomic E-state index is 13.0. The minimum atomic E-state index is -5.08. The van der Waals surface area contributed by atoms with Crippen molar-refractivity contribution in [1.82, 2.24) is 19.4 Å². The Kier molecular flexibility index (Phi) is 10.3. The summed E-state index contributed by atoms with van der Waals surface area (Å²) in [6.07, 6.45) is -2.87. The van der Waals surface area contributed by atoms with Crippen LogP contribution in [0.25, 0.3) is 0 Å². The molecule has 42 heavy (non-hydrogen) atoms. The first-order valence-electron chi connectivity index (χ1n) is 12.9. The highest BCUT2D eigenvalue weighted by Crippen LogP contribution is 2.40. The van der Waals surface area contributed by atoms with Gasteiger partial charge in [-0.3, -0.25) is 9.69 Å². The molecule has 5 heterocycles. The summed E-state index contributed by atoms with van der Waals surface area (Å²) in [5.74, 6) is -2.44. The van der Waals surface area contributed by atoms with E-state index in [1.165, 1.54) is 0 Å². The number of aryl methyl sites for hydroxylation is 1. The first-order valence-corrected chi connectivity index (χ1v) is 12.9. The third kappa shape index (κ3) is 8.47. The van der Waals surface area contributed by atoms with Crippen molar-refractivity contribution in [3.05, 3.63) is 41.9 Å². The summed E-state index contributed by atoms with van der Waals surface area (Å²) in [6, 6.07) is 4.06. The Morgan fingerprint density at radius 1 is 0.976 bits per heavy atom. The van der Waals surface area contributed by atoms with Gasteiger partial charge in [-0.1, -0.05) is 0 Å². The number of furan rings is 1. The predicted molar refractivity (Wildman–Crippen MR) is 130 cm³/mol. The fraction of sp³-hybridized carbons (Fsp3) is 0.600. The summed E-state index contributed by atoms with van der Waals surface area (Å²) >= 11 is 0. The number of imidazole rings is 1. The number of aromatic nitrogens is 2. The smallest absolute Gasteiger partial charge is 0.475 e. The molecule has 1 unspecified atom stereocenters. The zero-order chi connectivity index (χ0) is 31.3. The summed E-state index contributed by atoms with van der Waals surface area (Å²) in [6.45, 7) is 6.88. The quantitative estimate of drug-likeness (QED) is 0.499. The van der Waals surface area contributed by atoms with Crippen LogP contribution in [0.1, 0.15) is 43.0 Å². The monoisotopic (exact) mass is 612 g/mol. The van der Waals surface area contributed by atoms with Crippen LogP contribution >= 0.6 is 0 Å². The van der Waals surface area contributed by atoms with Crippen LogP contribution in [0, 0.1) is 6.92 Å². The molecule has 2 N–H and O–H groups in total. The minimum Gasteiger partial charge on any atom is -0.475 e. The first-order chi connectivity index (χ1) is 19.5. The minimum absolute atomic E-state index is 0.143. The summed E-state index contributed by atoms with van der Waals surface area (Å²) in [4.78, 5) is 39.8. The van der Waals surface area contributed by atoms with E-state index < -0.39 is 36.0 Å². The highest BCUT2D eigenvalue weighted by atomic mass is 19.4. The van der Waals surface area contributed by atoms with Gasteiger partial charge in [0.05, 0.1) is 13.1 Å². The average molecular weight is 613 g/mol.